The summed E-state index contributed by atoms with van der Waals surface area (Å²) in [7, 11) is 1.82. The molecule has 1 aromatic carbocycles. The van der Waals surface area contributed by atoms with E-state index in [1.165, 1.54) is 0 Å². The van der Waals surface area contributed by atoms with E-state index in [1.807, 2.05) is 50.1 Å². The Bertz CT molecular complexity index is 757. The Hall–Kier alpha value is -2.01. The van der Waals surface area contributed by atoms with Gasteiger partial charge >= 0.3 is 0 Å². The highest BCUT2D eigenvalue weighted by molar-refractivity contribution is 6.30. The van der Waals surface area contributed by atoms with Crippen LogP contribution in [0.4, 0.5) is 0 Å². The van der Waals surface area contributed by atoms with Crippen LogP contribution in [0, 0.1) is 13.8 Å². The molecule has 1 unspecified atom stereocenters. The number of likely N-dealkylation sites (tertiary alicyclic amines) is 1. The van der Waals surface area contributed by atoms with Crippen LogP contribution in [0.2, 0.25) is 5.15 Å². The first kappa shape index (κ1) is 16.8. The molecular formula is C18H22ClN3O2. The SMILES string of the molecule is Cc1ccccc1OCC(=O)N1CCCC1c1c(C)nn(C)c1Cl. The molecule has 0 N–H and O–H groups in total. The Morgan fingerprint density at radius 3 is 2.79 bits per heavy atom. The molecule has 3 rings (SSSR count). The molecule has 2 heterocycles. The van der Waals surface area contributed by atoms with Crippen LogP contribution >= 0.6 is 11.6 Å². The summed E-state index contributed by atoms with van der Waals surface area (Å²) in [6.07, 6.45) is 1.87. The minimum Gasteiger partial charge on any atom is -0.484 e. The molecule has 6 heteroatoms. The van der Waals surface area contributed by atoms with Crippen LogP contribution in [-0.2, 0) is 11.8 Å². The number of nitrogens with zero attached hydrogens (tertiary/aromatic N) is 3. The Kier molecular flexibility index (Phi) is 4.81. The van der Waals surface area contributed by atoms with Gasteiger partial charge in [-0.25, -0.2) is 0 Å². The molecule has 1 aliphatic heterocycles. The number of carbonyl (C=O) groups is 1. The Balaban J connectivity index is 1.73. The molecule has 1 aliphatic rings. The van der Waals surface area contributed by atoms with Gasteiger partial charge in [-0.3, -0.25) is 9.48 Å². The molecule has 1 amide bonds. The van der Waals surface area contributed by atoms with E-state index in [2.05, 4.69) is 5.10 Å². The van der Waals surface area contributed by atoms with Crippen LogP contribution in [0.15, 0.2) is 24.3 Å². The van der Waals surface area contributed by atoms with Crippen molar-refractivity contribution in [3.63, 3.8) is 0 Å². The maximum absolute atomic E-state index is 12.7. The summed E-state index contributed by atoms with van der Waals surface area (Å²) in [5.74, 6) is 0.734. The molecule has 24 heavy (non-hydrogen) atoms. The van der Waals surface area contributed by atoms with Crippen LogP contribution in [0.3, 0.4) is 0 Å². The third-order valence-corrected chi connectivity index (χ3v) is 5.00. The number of ether oxygens (including phenoxy) is 1. The van der Waals surface area contributed by atoms with E-state index in [4.69, 9.17) is 16.3 Å². The number of benzene rings is 1. The molecule has 1 fully saturated rings. The normalized spacial score (nSPS) is 17.3. The number of rotatable bonds is 4. The van der Waals surface area contributed by atoms with Gasteiger partial charge in [0.2, 0.25) is 0 Å². The van der Waals surface area contributed by atoms with E-state index in [1.54, 1.807) is 4.68 Å². The van der Waals surface area contributed by atoms with Crippen molar-refractivity contribution in [3.05, 3.63) is 46.2 Å². The Morgan fingerprint density at radius 1 is 1.38 bits per heavy atom. The maximum Gasteiger partial charge on any atom is 0.261 e. The number of hydrogen-bond donors (Lipinski definition) is 0. The highest BCUT2D eigenvalue weighted by atomic mass is 35.5. The first-order chi connectivity index (χ1) is 11.5. The lowest BCUT2D eigenvalue weighted by Crippen LogP contribution is -2.34. The van der Waals surface area contributed by atoms with Gasteiger partial charge < -0.3 is 9.64 Å². The lowest BCUT2D eigenvalue weighted by atomic mass is 10.1. The number of aromatic nitrogens is 2. The summed E-state index contributed by atoms with van der Waals surface area (Å²) >= 11 is 6.39. The van der Waals surface area contributed by atoms with Crippen LogP contribution in [-0.4, -0.2) is 33.7 Å². The molecule has 0 radical (unpaired) electrons. The largest absolute Gasteiger partial charge is 0.484 e. The van der Waals surface area contributed by atoms with Crippen molar-refractivity contribution in [1.29, 1.82) is 0 Å². The van der Waals surface area contributed by atoms with Crippen LogP contribution in [0.25, 0.3) is 0 Å². The summed E-state index contributed by atoms with van der Waals surface area (Å²) in [5, 5.41) is 4.98. The fraction of sp³-hybridized carbons (Fsp3) is 0.444. The zero-order chi connectivity index (χ0) is 17.3. The number of aryl methyl sites for hydroxylation is 3. The molecule has 0 aliphatic carbocycles. The monoisotopic (exact) mass is 347 g/mol. The number of hydrogen-bond acceptors (Lipinski definition) is 3. The molecule has 5 nitrogen and oxygen atoms in total. The topological polar surface area (TPSA) is 47.4 Å². The van der Waals surface area contributed by atoms with E-state index in [9.17, 15) is 4.79 Å². The third kappa shape index (κ3) is 3.13. The molecule has 2 aromatic rings. The van der Waals surface area contributed by atoms with E-state index in [0.717, 1.165) is 42.0 Å². The number of amides is 1. The molecule has 0 saturated carbocycles. The summed E-state index contributed by atoms with van der Waals surface area (Å²) in [4.78, 5) is 14.5. The van der Waals surface area contributed by atoms with Gasteiger partial charge in [-0.15, -0.1) is 0 Å². The molecule has 1 atom stereocenters. The van der Waals surface area contributed by atoms with Gasteiger partial charge in [-0.1, -0.05) is 29.8 Å². The second-order valence-electron chi connectivity index (χ2n) is 6.21. The van der Waals surface area contributed by atoms with Crippen LogP contribution in [0.5, 0.6) is 5.75 Å². The highest BCUT2D eigenvalue weighted by Gasteiger charge is 2.34. The van der Waals surface area contributed by atoms with Crippen LogP contribution < -0.4 is 4.74 Å². The molecule has 1 saturated heterocycles. The first-order valence-corrected chi connectivity index (χ1v) is 8.53. The standard InChI is InChI=1S/C18H22ClN3O2/c1-12-7-4-5-9-15(12)24-11-16(23)22-10-6-8-14(22)17-13(2)20-21(3)18(17)19/h4-5,7,9,14H,6,8,10-11H2,1-3H3. The van der Waals surface area contributed by atoms with Crippen molar-refractivity contribution < 1.29 is 9.53 Å². The lowest BCUT2D eigenvalue weighted by Gasteiger charge is -2.25. The minimum absolute atomic E-state index is 0.0138. The third-order valence-electron chi connectivity index (χ3n) is 4.55. The van der Waals surface area contributed by atoms with Crippen molar-refractivity contribution >= 4 is 17.5 Å². The van der Waals surface area contributed by atoms with Crippen LogP contribution in [0.1, 0.15) is 35.7 Å². The van der Waals surface area contributed by atoms with Crippen molar-refractivity contribution in [2.45, 2.75) is 32.7 Å². The van der Waals surface area contributed by atoms with E-state index in [-0.39, 0.29) is 18.6 Å². The lowest BCUT2D eigenvalue weighted by molar-refractivity contribution is -0.134. The van der Waals surface area contributed by atoms with Gasteiger partial charge in [0.15, 0.2) is 6.61 Å². The summed E-state index contributed by atoms with van der Waals surface area (Å²) in [6.45, 7) is 4.67. The average Bonchev–Trinajstić information content (AvgIpc) is 3.11. The number of carbonyl (C=O) groups excluding carboxylic acids is 1. The molecular weight excluding hydrogens is 326 g/mol. The van der Waals surface area contributed by atoms with E-state index < -0.39 is 0 Å². The first-order valence-electron chi connectivity index (χ1n) is 8.16. The Labute approximate surface area is 147 Å². The molecule has 128 valence electrons. The van der Waals surface area contributed by atoms with Gasteiger partial charge in [0.1, 0.15) is 10.9 Å². The van der Waals surface area contributed by atoms with Gasteiger partial charge in [0.25, 0.3) is 5.91 Å². The molecule has 0 spiro atoms. The second-order valence-corrected chi connectivity index (χ2v) is 6.57. The second kappa shape index (κ2) is 6.85. The van der Waals surface area contributed by atoms with Crippen molar-refractivity contribution in [3.8, 4) is 5.75 Å². The van der Waals surface area contributed by atoms with Crippen molar-refractivity contribution in [1.82, 2.24) is 14.7 Å². The number of halogens is 1. The summed E-state index contributed by atoms with van der Waals surface area (Å²) in [6, 6.07) is 7.70. The van der Waals surface area contributed by atoms with Gasteiger partial charge in [-0.2, -0.15) is 5.10 Å². The highest BCUT2D eigenvalue weighted by Crippen LogP contribution is 2.37. The predicted octanol–water partition coefficient (Wildman–Crippen LogP) is 3.43. The zero-order valence-corrected chi connectivity index (χ0v) is 15.0. The van der Waals surface area contributed by atoms with E-state index >= 15 is 0 Å². The fourth-order valence-corrected chi connectivity index (χ4v) is 3.63. The van der Waals surface area contributed by atoms with E-state index in [0.29, 0.717) is 5.15 Å². The maximum atomic E-state index is 12.7. The smallest absolute Gasteiger partial charge is 0.261 e. The Morgan fingerprint density at radius 2 is 2.12 bits per heavy atom. The summed E-state index contributed by atoms with van der Waals surface area (Å²) < 4.78 is 7.38. The van der Waals surface area contributed by atoms with Crippen molar-refractivity contribution in [2.24, 2.45) is 7.05 Å². The number of para-hydroxylation sites is 1. The predicted molar refractivity (Wildman–Crippen MR) is 93.3 cm³/mol. The molecule has 0 bridgehead atoms. The van der Waals surface area contributed by atoms with Gasteiger partial charge in [0.05, 0.1) is 11.7 Å². The zero-order valence-electron chi connectivity index (χ0n) is 14.3. The van der Waals surface area contributed by atoms with Gasteiger partial charge in [-0.05, 0) is 38.3 Å². The molecule has 1 aromatic heterocycles. The minimum atomic E-state index is -0.0147. The average molecular weight is 348 g/mol. The van der Waals surface area contributed by atoms with Gasteiger partial charge in [0, 0.05) is 19.2 Å². The fourth-order valence-electron chi connectivity index (χ4n) is 3.33. The quantitative estimate of drug-likeness (QED) is 0.851. The summed E-state index contributed by atoms with van der Waals surface area (Å²) in [5.41, 5.74) is 2.86. The van der Waals surface area contributed by atoms with Crippen molar-refractivity contribution in [2.75, 3.05) is 13.2 Å².